The Morgan fingerprint density at radius 2 is 1.70 bits per heavy atom. The number of carbonyl (C=O) groups excluding carboxylic acids is 1. The number of aromatic carboxylic acids is 1. The minimum absolute atomic E-state index is 0.0460. The molecule has 0 spiro atoms. The highest BCUT2D eigenvalue weighted by molar-refractivity contribution is 6.06. The van der Waals surface area contributed by atoms with E-state index < -0.39 is 11.9 Å². The van der Waals surface area contributed by atoms with E-state index in [0.717, 1.165) is 22.4 Å². The zero-order chi connectivity index (χ0) is 24.0. The van der Waals surface area contributed by atoms with Crippen LogP contribution in [0, 0.1) is 6.92 Å². The van der Waals surface area contributed by atoms with Gasteiger partial charge >= 0.3 is 5.97 Å². The summed E-state index contributed by atoms with van der Waals surface area (Å²) in [5.41, 5.74) is 4.62. The van der Waals surface area contributed by atoms with Crippen molar-refractivity contribution in [2.24, 2.45) is 0 Å². The smallest absolute Gasteiger partial charge is 0.337 e. The molecular weight excluding hydrogens is 414 g/mol. The van der Waals surface area contributed by atoms with Crippen LogP contribution in [0.25, 0.3) is 6.08 Å². The number of carboxylic acid groups (broad SMARTS) is 1. The monoisotopic (exact) mass is 443 g/mol. The van der Waals surface area contributed by atoms with Gasteiger partial charge in [0.25, 0.3) is 0 Å². The lowest BCUT2D eigenvalue weighted by Gasteiger charge is -2.19. The predicted octanol–water partition coefficient (Wildman–Crippen LogP) is 6.22. The molecule has 0 aliphatic carbocycles. The fraction of sp³-hybridized carbons (Fsp3) is 0.214. The molecule has 1 amide bonds. The molecule has 0 aliphatic rings. The van der Waals surface area contributed by atoms with Crippen LogP contribution in [0.3, 0.4) is 0 Å². The maximum Gasteiger partial charge on any atom is 0.337 e. The van der Waals surface area contributed by atoms with Crippen LogP contribution in [-0.2, 0) is 16.8 Å². The van der Waals surface area contributed by atoms with Gasteiger partial charge in [-0.3, -0.25) is 4.79 Å². The minimum Gasteiger partial charge on any atom is -0.489 e. The Morgan fingerprint density at radius 3 is 2.33 bits per heavy atom. The lowest BCUT2D eigenvalue weighted by atomic mass is 9.87. The third-order valence-corrected chi connectivity index (χ3v) is 5.26. The lowest BCUT2D eigenvalue weighted by molar-refractivity contribution is -0.111. The van der Waals surface area contributed by atoms with E-state index in [4.69, 9.17) is 4.74 Å². The van der Waals surface area contributed by atoms with Crippen LogP contribution < -0.4 is 10.1 Å². The Labute approximate surface area is 194 Å². The summed E-state index contributed by atoms with van der Waals surface area (Å²) in [6.07, 6.45) is 3.06. The first-order valence-corrected chi connectivity index (χ1v) is 10.8. The fourth-order valence-electron chi connectivity index (χ4n) is 3.33. The van der Waals surface area contributed by atoms with Crippen molar-refractivity contribution >= 4 is 23.6 Å². The molecule has 2 N–H and O–H groups in total. The lowest BCUT2D eigenvalue weighted by Crippen LogP contribution is -2.11. The van der Waals surface area contributed by atoms with Crippen molar-refractivity contribution in [3.05, 3.63) is 101 Å². The van der Waals surface area contributed by atoms with Crippen molar-refractivity contribution in [3.63, 3.8) is 0 Å². The number of ether oxygens (including phenoxy) is 1. The largest absolute Gasteiger partial charge is 0.489 e. The summed E-state index contributed by atoms with van der Waals surface area (Å²) >= 11 is 0. The summed E-state index contributed by atoms with van der Waals surface area (Å²) in [5, 5.41) is 11.8. The number of anilines is 1. The first-order chi connectivity index (χ1) is 15.6. The van der Waals surface area contributed by atoms with Gasteiger partial charge in [0.2, 0.25) is 5.91 Å². The number of rotatable bonds is 7. The Hall–Kier alpha value is -3.86. The van der Waals surface area contributed by atoms with E-state index in [9.17, 15) is 14.7 Å². The van der Waals surface area contributed by atoms with Crippen LogP contribution in [0.2, 0.25) is 0 Å². The quantitative estimate of drug-likeness (QED) is 0.425. The molecule has 0 saturated carbocycles. The summed E-state index contributed by atoms with van der Waals surface area (Å²) in [6, 6.07) is 20.4. The number of carbonyl (C=O) groups is 2. The van der Waals surface area contributed by atoms with Crippen LogP contribution >= 0.6 is 0 Å². The summed E-state index contributed by atoms with van der Waals surface area (Å²) in [6.45, 7) is 9.01. The van der Waals surface area contributed by atoms with E-state index in [2.05, 4.69) is 50.4 Å². The Morgan fingerprint density at radius 1 is 1.00 bits per heavy atom. The zero-order valence-corrected chi connectivity index (χ0v) is 19.4. The minimum atomic E-state index is -1.09. The maximum atomic E-state index is 12.2. The highest BCUT2D eigenvalue weighted by Gasteiger charge is 2.13. The standard InChI is InChI=1S/C28H29NO4/c1-19-17-20(12-16-26(30)29-24-8-6-5-7-23(24)27(31)32)11-15-25(19)33-18-21-9-13-22(14-10-21)28(2,3)4/h5-17H,18H2,1-4H3,(H,29,30)(H,31,32)/b16-12+. The Kier molecular flexibility index (Phi) is 7.34. The van der Waals surface area contributed by atoms with Crippen molar-refractivity contribution in [2.75, 3.05) is 5.32 Å². The van der Waals surface area contributed by atoms with Crippen molar-refractivity contribution < 1.29 is 19.4 Å². The molecular formula is C28H29NO4. The van der Waals surface area contributed by atoms with E-state index in [1.807, 2.05) is 25.1 Å². The van der Waals surface area contributed by atoms with E-state index >= 15 is 0 Å². The van der Waals surface area contributed by atoms with Crippen LogP contribution in [-0.4, -0.2) is 17.0 Å². The third-order valence-electron chi connectivity index (χ3n) is 5.26. The predicted molar refractivity (Wildman–Crippen MR) is 132 cm³/mol. The first-order valence-electron chi connectivity index (χ1n) is 10.8. The van der Waals surface area contributed by atoms with Gasteiger partial charge in [-0.2, -0.15) is 0 Å². The molecule has 0 bridgehead atoms. The van der Waals surface area contributed by atoms with Crippen LogP contribution in [0.5, 0.6) is 5.75 Å². The first kappa shape index (κ1) is 23.8. The molecule has 3 rings (SSSR count). The topological polar surface area (TPSA) is 75.6 Å². The molecule has 0 atom stereocenters. The molecule has 3 aromatic rings. The molecule has 0 fully saturated rings. The average Bonchev–Trinajstić information content (AvgIpc) is 2.77. The van der Waals surface area contributed by atoms with Crippen LogP contribution in [0.4, 0.5) is 5.69 Å². The van der Waals surface area contributed by atoms with Crippen molar-refractivity contribution in [1.29, 1.82) is 0 Å². The van der Waals surface area contributed by atoms with Crippen LogP contribution in [0.1, 0.15) is 53.4 Å². The molecule has 5 nitrogen and oxygen atoms in total. The highest BCUT2D eigenvalue weighted by Crippen LogP contribution is 2.24. The van der Waals surface area contributed by atoms with Gasteiger partial charge in [0, 0.05) is 6.08 Å². The molecule has 170 valence electrons. The van der Waals surface area contributed by atoms with E-state index in [1.165, 1.54) is 17.7 Å². The van der Waals surface area contributed by atoms with E-state index in [1.54, 1.807) is 24.3 Å². The number of hydrogen-bond donors (Lipinski definition) is 2. The fourth-order valence-corrected chi connectivity index (χ4v) is 3.33. The summed E-state index contributed by atoms with van der Waals surface area (Å²) in [5.74, 6) is -0.710. The number of aryl methyl sites for hydroxylation is 1. The van der Waals surface area contributed by atoms with Gasteiger partial charge in [-0.25, -0.2) is 4.79 Å². The average molecular weight is 444 g/mol. The van der Waals surface area contributed by atoms with Crippen molar-refractivity contribution in [2.45, 2.75) is 39.7 Å². The highest BCUT2D eigenvalue weighted by atomic mass is 16.5. The van der Waals surface area contributed by atoms with Gasteiger partial charge in [-0.1, -0.05) is 63.2 Å². The molecule has 0 heterocycles. The molecule has 0 aromatic heterocycles. The molecule has 0 saturated heterocycles. The second kappa shape index (κ2) is 10.2. The normalized spacial score (nSPS) is 11.4. The maximum absolute atomic E-state index is 12.2. The van der Waals surface area contributed by atoms with Crippen molar-refractivity contribution in [3.8, 4) is 5.75 Å². The number of para-hydroxylation sites is 1. The van der Waals surface area contributed by atoms with E-state index in [0.29, 0.717) is 6.61 Å². The second-order valence-corrected chi connectivity index (χ2v) is 8.93. The van der Waals surface area contributed by atoms with Gasteiger partial charge in [-0.15, -0.1) is 0 Å². The Balaban J connectivity index is 1.60. The van der Waals surface area contributed by atoms with Gasteiger partial charge in [-0.05, 0) is 64.9 Å². The van der Waals surface area contributed by atoms with Gasteiger partial charge in [0.05, 0.1) is 11.3 Å². The Bertz CT molecular complexity index is 1170. The zero-order valence-electron chi connectivity index (χ0n) is 19.4. The van der Waals surface area contributed by atoms with Crippen molar-refractivity contribution in [1.82, 2.24) is 0 Å². The van der Waals surface area contributed by atoms with E-state index in [-0.39, 0.29) is 16.7 Å². The molecule has 0 unspecified atom stereocenters. The molecule has 0 radical (unpaired) electrons. The second-order valence-electron chi connectivity index (χ2n) is 8.93. The molecule has 0 aliphatic heterocycles. The third kappa shape index (κ3) is 6.56. The number of benzene rings is 3. The number of amides is 1. The summed E-state index contributed by atoms with van der Waals surface area (Å²) in [7, 11) is 0. The van der Waals surface area contributed by atoms with Gasteiger partial charge < -0.3 is 15.2 Å². The molecule has 33 heavy (non-hydrogen) atoms. The summed E-state index contributed by atoms with van der Waals surface area (Å²) < 4.78 is 5.98. The number of hydrogen-bond acceptors (Lipinski definition) is 3. The molecule has 5 heteroatoms. The van der Waals surface area contributed by atoms with Gasteiger partial charge in [0.1, 0.15) is 12.4 Å². The molecule has 3 aromatic carbocycles. The SMILES string of the molecule is Cc1cc(/C=C/C(=O)Nc2ccccc2C(=O)O)ccc1OCc1ccc(C(C)(C)C)cc1. The van der Waals surface area contributed by atoms with Gasteiger partial charge in [0.15, 0.2) is 0 Å². The number of carboxylic acids is 1. The number of nitrogens with one attached hydrogen (secondary N) is 1. The van der Waals surface area contributed by atoms with Crippen LogP contribution in [0.15, 0.2) is 72.8 Å². The summed E-state index contributed by atoms with van der Waals surface area (Å²) in [4.78, 5) is 23.5.